The van der Waals surface area contributed by atoms with E-state index in [4.69, 9.17) is 4.98 Å². The maximum Gasteiger partial charge on any atom is 0.162 e. The number of nitrogens with one attached hydrogen (secondary N) is 2. The van der Waals surface area contributed by atoms with Crippen LogP contribution in [0.4, 0.5) is 4.39 Å². The van der Waals surface area contributed by atoms with Crippen molar-refractivity contribution >= 4 is 22.2 Å². The Hall–Kier alpha value is -4.66. The van der Waals surface area contributed by atoms with Crippen LogP contribution in [0.3, 0.4) is 0 Å². The van der Waals surface area contributed by atoms with Gasteiger partial charge in [0.25, 0.3) is 0 Å². The zero-order valence-electron chi connectivity index (χ0n) is 16.4. The van der Waals surface area contributed by atoms with Crippen molar-refractivity contribution in [1.82, 2.24) is 35.1 Å². The Balaban J connectivity index is 1.52. The van der Waals surface area contributed by atoms with Crippen molar-refractivity contribution in [2.24, 2.45) is 0 Å². The second-order valence-corrected chi connectivity index (χ2v) is 7.25. The first-order chi connectivity index (χ1) is 15.7. The summed E-state index contributed by atoms with van der Waals surface area (Å²) < 4.78 is 13.9. The van der Waals surface area contributed by atoms with Crippen LogP contribution in [0.1, 0.15) is 0 Å². The third kappa shape index (κ3) is 2.95. The number of phenolic OH excluding ortho intramolecular Hbond substituents is 1. The van der Waals surface area contributed by atoms with Gasteiger partial charge in [-0.05, 0) is 48.0 Å². The standard InChI is InChI=1S/C23H14FN7O/c24-14-8-13(9-15(32)10-14)16-5-7-26-22-19(16)28-23(29-22)21-20-18(30-31-21)4-3-17(27-20)12-2-1-6-25-11-12/h1-11,32H,(H,30,31)(H,26,28,29). The number of rotatable bonds is 3. The molecule has 3 N–H and O–H groups in total. The Morgan fingerprint density at radius 2 is 1.84 bits per heavy atom. The molecule has 154 valence electrons. The summed E-state index contributed by atoms with van der Waals surface area (Å²) in [5.41, 5.74) is 5.78. The van der Waals surface area contributed by atoms with Gasteiger partial charge in [0.2, 0.25) is 0 Å². The highest BCUT2D eigenvalue weighted by molar-refractivity contribution is 5.95. The Morgan fingerprint density at radius 1 is 0.906 bits per heavy atom. The number of pyridine rings is 3. The van der Waals surface area contributed by atoms with Crippen molar-refractivity contribution in [2.45, 2.75) is 0 Å². The molecule has 0 fully saturated rings. The maximum atomic E-state index is 13.9. The summed E-state index contributed by atoms with van der Waals surface area (Å²) in [7, 11) is 0. The molecule has 32 heavy (non-hydrogen) atoms. The number of fused-ring (bicyclic) bond motifs is 2. The van der Waals surface area contributed by atoms with Crippen LogP contribution in [0, 0.1) is 5.82 Å². The Labute approximate surface area is 179 Å². The first kappa shape index (κ1) is 18.1. The molecule has 0 aliphatic carbocycles. The highest BCUT2D eigenvalue weighted by atomic mass is 19.1. The fraction of sp³-hybridized carbons (Fsp3) is 0. The van der Waals surface area contributed by atoms with E-state index in [0.29, 0.717) is 39.3 Å². The minimum Gasteiger partial charge on any atom is -0.508 e. The average Bonchev–Trinajstić information content (AvgIpc) is 3.42. The molecule has 0 saturated heterocycles. The number of aromatic amines is 2. The topological polar surface area (TPSA) is 116 Å². The van der Waals surface area contributed by atoms with Crippen LogP contribution in [0.25, 0.3) is 56.1 Å². The molecule has 0 bridgehead atoms. The molecule has 0 saturated carbocycles. The van der Waals surface area contributed by atoms with Crippen molar-refractivity contribution in [3.05, 3.63) is 72.9 Å². The van der Waals surface area contributed by atoms with Crippen LogP contribution in [0.2, 0.25) is 0 Å². The predicted octanol–water partition coefficient (Wildman–Crippen LogP) is 4.47. The summed E-state index contributed by atoms with van der Waals surface area (Å²) in [6.07, 6.45) is 5.06. The summed E-state index contributed by atoms with van der Waals surface area (Å²) in [5, 5.41) is 17.2. The fourth-order valence-corrected chi connectivity index (χ4v) is 3.72. The number of aromatic hydroxyl groups is 1. The number of hydrogen-bond donors (Lipinski definition) is 3. The van der Waals surface area contributed by atoms with Gasteiger partial charge in [0.1, 0.15) is 22.6 Å². The van der Waals surface area contributed by atoms with Gasteiger partial charge in [-0.25, -0.2) is 19.3 Å². The van der Waals surface area contributed by atoms with Gasteiger partial charge in [-0.2, -0.15) is 5.10 Å². The Kier molecular flexibility index (Phi) is 3.94. The zero-order valence-corrected chi connectivity index (χ0v) is 16.4. The lowest BCUT2D eigenvalue weighted by Gasteiger charge is -2.03. The summed E-state index contributed by atoms with van der Waals surface area (Å²) in [6, 6.07) is 13.2. The number of benzene rings is 1. The van der Waals surface area contributed by atoms with Crippen LogP contribution in [-0.2, 0) is 0 Å². The van der Waals surface area contributed by atoms with Crippen molar-refractivity contribution in [3.8, 4) is 39.7 Å². The van der Waals surface area contributed by atoms with Crippen molar-refractivity contribution in [3.63, 3.8) is 0 Å². The van der Waals surface area contributed by atoms with E-state index in [1.54, 1.807) is 24.7 Å². The number of H-pyrrole nitrogens is 2. The quantitative estimate of drug-likeness (QED) is 0.387. The smallest absolute Gasteiger partial charge is 0.162 e. The molecule has 0 amide bonds. The fourth-order valence-electron chi connectivity index (χ4n) is 3.72. The number of halogens is 1. The second kappa shape index (κ2) is 6.95. The minimum absolute atomic E-state index is 0.161. The molecule has 5 aromatic heterocycles. The van der Waals surface area contributed by atoms with Crippen LogP contribution < -0.4 is 0 Å². The first-order valence-electron chi connectivity index (χ1n) is 9.76. The van der Waals surface area contributed by atoms with Gasteiger partial charge in [-0.1, -0.05) is 0 Å². The summed E-state index contributed by atoms with van der Waals surface area (Å²) >= 11 is 0. The molecule has 0 aliphatic heterocycles. The predicted molar refractivity (Wildman–Crippen MR) is 117 cm³/mol. The lowest BCUT2D eigenvalue weighted by atomic mass is 10.1. The largest absolute Gasteiger partial charge is 0.508 e. The Bertz CT molecular complexity index is 1590. The summed E-state index contributed by atoms with van der Waals surface area (Å²) in [6.45, 7) is 0. The van der Waals surface area contributed by atoms with E-state index in [1.165, 1.54) is 12.1 Å². The van der Waals surface area contributed by atoms with E-state index in [9.17, 15) is 9.50 Å². The molecule has 0 spiro atoms. The van der Waals surface area contributed by atoms with E-state index < -0.39 is 5.82 Å². The maximum absolute atomic E-state index is 13.9. The Morgan fingerprint density at radius 3 is 2.69 bits per heavy atom. The number of imidazole rings is 1. The number of hydrogen-bond acceptors (Lipinski definition) is 6. The molecule has 5 heterocycles. The van der Waals surface area contributed by atoms with Gasteiger partial charge < -0.3 is 10.1 Å². The SMILES string of the molecule is Oc1cc(F)cc(-c2ccnc3[nH]c(-c4n[nH]c5ccc(-c6cccnc6)nc45)nc23)c1. The molecule has 6 rings (SSSR count). The van der Waals surface area contributed by atoms with E-state index in [0.717, 1.165) is 22.8 Å². The van der Waals surface area contributed by atoms with Crippen LogP contribution >= 0.6 is 0 Å². The number of aromatic nitrogens is 7. The molecule has 9 heteroatoms. The third-order valence-electron chi connectivity index (χ3n) is 5.17. The van der Waals surface area contributed by atoms with Gasteiger partial charge in [-0.15, -0.1) is 0 Å². The van der Waals surface area contributed by atoms with Crippen molar-refractivity contribution in [2.75, 3.05) is 0 Å². The molecule has 0 radical (unpaired) electrons. The molecule has 0 atom stereocenters. The number of phenols is 1. The molecule has 0 aliphatic rings. The zero-order chi connectivity index (χ0) is 21.7. The van der Waals surface area contributed by atoms with Gasteiger partial charge in [0.05, 0.1) is 11.2 Å². The number of nitrogens with zero attached hydrogens (tertiary/aromatic N) is 5. The normalized spacial score (nSPS) is 11.4. The van der Waals surface area contributed by atoms with Crippen LogP contribution in [-0.4, -0.2) is 40.2 Å². The molecular formula is C23H14FN7O. The lowest BCUT2D eigenvalue weighted by Crippen LogP contribution is -1.87. The van der Waals surface area contributed by atoms with E-state index >= 15 is 0 Å². The van der Waals surface area contributed by atoms with E-state index in [1.807, 2.05) is 24.3 Å². The summed E-state index contributed by atoms with van der Waals surface area (Å²) in [5.74, 6) is -0.222. The molecule has 8 nitrogen and oxygen atoms in total. The highest BCUT2D eigenvalue weighted by Crippen LogP contribution is 2.32. The van der Waals surface area contributed by atoms with E-state index in [2.05, 4.69) is 30.1 Å². The highest BCUT2D eigenvalue weighted by Gasteiger charge is 2.18. The second-order valence-electron chi connectivity index (χ2n) is 7.25. The molecule has 0 unspecified atom stereocenters. The molecule has 6 aromatic rings. The van der Waals surface area contributed by atoms with Crippen molar-refractivity contribution in [1.29, 1.82) is 0 Å². The molecular weight excluding hydrogens is 409 g/mol. The average molecular weight is 423 g/mol. The van der Waals surface area contributed by atoms with Crippen molar-refractivity contribution < 1.29 is 9.50 Å². The van der Waals surface area contributed by atoms with Crippen LogP contribution in [0.15, 0.2) is 67.1 Å². The molecule has 1 aromatic carbocycles. The van der Waals surface area contributed by atoms with Gasteiger partial charge >= 0.3 is 0 Å². The minimum atomic E-state index is -0.536. The monoisotopic (exact) mass is 423 g/mol. The first-order valence-corrected chi connectivity index (χ1v) is 9.76. The van der Waals surface area contributed by atoms with Gasteiger partial charge in [0.15, 0.2) is 17.2 Å². The van der Waals surface area contributed by atoms with Gasteiger partial charge in [0, 0.05) is 35.8 Å². The lowest BCUT2D eigenvalue weighted by molar-refractivity contribution is 0.469. The van der Waals surface area contributed by atoms with Crippen LogP contribution in [0.5, 0.6) is 5.75 Å². The van der Waals surface area contributed by atoms with Gasteiger partial charge in [-0.3, -0.25) is 10.1 Å². The third-order valence-corrected chi connectivity index (χ3v) is 5.17. The summed E-state index contributed by atoms with van der Waals surface area (Å²) in [4.78, 5) is 21.1. The van der Waals surface area contributed by atoms with E-state index in [-0.39, 0.29) is 5.75 Å².